The van der Waals surface area contributed by atoms with E-state index in [4.69, 9.17) is 10.5 Å². The summed E-state index contributed by atoms with van der Waals surface area (Å²) < 4.78 is 5.72. The van der Waals surface area contributed by atoms with Crippen LogP contribution < -0.4 is 10.5 Å². The summed E-state index contributed by atoms with van der Waals surface area (Å²) in [5.41, 5.74) is 6.57. The van der Waals surface area contributed by atoms with E-state index in [1.165, 1.54) is 6.42 Å². The Morgan fingerprint density at radius 2 is 2.05 bits per heavy atom. The van der Waals surface area contributed by atoms with Crippen LogP contribution in [0.5, 0.6) is 5.75 Å². The van der Waals surface area contributed by atoms with Gasteiger partial charge in [0.05, 0.1) is 12.2 Å². The Kier molecular flexibility index (Phi) is 5.60. The molecule has 0 aliphatic heterocycles. The highest BCUT2D eigenvalue weighted by Gasteiger charge is 2.31. The fourth-order valence-corrected chi connectivity index (χ4v) is 3.04. The van der Waals surface area contributed by atoms with E-state index in [2.05, 4.69) is 6.92 Å². The molecule has 1 saturated carbocycles. The first-order valence-electron chi connectivity index (χ1n) is 7.74. The Labute approximate surface area is 121 Å². The number of ether oxygens (including phenoxy) is 1. The molecule has 2 unspecified atom stereocenters. The SMILES string of the molecule is CCCOc1ccccc1C(=O)C1CCCCC1CN. The van der Waals surface area contributed by atoms with Crippen LogP contribution in [0.4, 0.5) is 0 Å². The van der Waals surface area contributed by atoms with E-state index >= 15 is 0 Å². The smallest absolute Gasteiger partial charge is 0.169 e. The highest BCUT2D eigenvalue weighted by molar-refractivity contribution is 6.00. The van der Waals surface area contributed by atoms with Gasteiger partial charge in [-0.2, -0.15) is 0 Å². The van der Waals surface area contributed by atoms with Gasteiger partial charge in [-0.25, -0.2) is 0 Å². The molecule has 1 aliphatic rings. The molecule has 1 aromatic rings. The summed E-state index contributed by atoms with van der Waals surface area (Å²) >= 11 is 0. The summed E-state index contributed by atoms with van der Waals surface area (Å²) in [5.74, 6) is 1.34. The number of nitrogens with two attached hydrogens (primary N) is 1. The van der Waals surface area contributed by atoms with Crippen molar-refractivity contribution in [2.24, 2.45) is 17.6 Å². The van der Waals surface area contributed by atoms with Gasteiger partial charge in [-0.1, -0.05) is 31.9 Å². The molecule has 0 spiro atoms. The Morgan fingerprint density at radius 3 is 2.80 bits per heavy atom. The average molecular weight is 275 g/mol. The van der Waals surface area contributed by atoms with Gasteiger partial charge in [0.2, 0.25) is 0 Å². The van der Waals surface area contributed by atoms with Crippen LogP contribution in [0.3, 0.4) is 0 Å². The zero-order valence-electron chi connectivity index (χ0n) is 12.3. The molecule has 3 heteroatoms. The van der Waals surface area contributed by atoms with Crippen LogP contribution in [0.15, 0.2) is 24.3 Å². The molecule has 0 amide bonds. The van der Waals surface area contributed by atoms with Gasteiger partial charge in [-0.05, 0) is 43.9 Å². The molecule has 1 aromatic carbocycles. The molecule has 0 radical (unpaired) electrons. The van der Waals surface area contributed by atoms with Gasteiger partial charge in [0, 0.05) is 5.92 Å². The van der Waals surface area contributed by atoms with Crippen LogP contribution >= 0.6 is 0 Å². The largest absolute Gasteiger partial charge is 0.493 e. The number of hydrogen-bond acceptors (Lipinski definition) is 3. The molecule has 1 fully saturated rings. The fourth-order valence-electron chi connectivity index (χ4n) is 3.04. The highest BCUT2D eigenvalue weighted by Crippen LogP contribution is 2.34. The van der Waals surface area contributed by atoms with Gasteiger partial charge < -0.3 is 10.5 Å². The first-order valence-corrected chi connectivity index (χ1v) is 7.74. The summed E-state index contributed by atoms with van der Waals surface area (Å²) in [7, 11) is 0. The Balaban J connectivity index is 2.19. The van der Waals surface area contributed by atoms with E-state index in [-0.39, 0.29) is 11.7 Å². The molecule has 20 heavy (non-hydrogen) atoms. The molecule has 1 aliphatic carbocycles. The molecular weight excluding hydrogens is 250 g/mol. The van der Waals surface area contributed by atoms with E-state index in [1.54, 1.807) is 0 Å². The first kappa shape index (κ1) is 15.0. The lowest BCUT2D eigenvalue weighted by molar-refractivity contribution is 0.0825. The van der Waals surface area contributed by atoms with E-state index in [0.717, 1.165) is 37.0 Å². The summed E-state index contributed by atoms with van der Waals surface area (Å²) in [5, 5.41) is 0. The number of Topliss-reactive ketones (excluding diaryl/α,β-unsaturated/α-hetero) is 1. The number of ketones is 1. The molecule has 0 bridgehead atoms. The van der Waals surface area contributed by atoms with Crippen molar-refractivity contribution in [3.63, 3.8) is 0 Å². The normalized spacial score (nSPS) is 22.5. The Morgan fingerprint density at radius 1 is 1.30 bits per heavy atom. The van der Waals surface area contributed by atoms with Crippen molar-refractivity contribution in [1.29, 1.82) is 0 Å². The topological polar surface area (TPSA) is 52.3 Å². The van der Waals surface area contributed by atoms with Crippen LogP contribution in [-0.4, -0.2) is 18.9 Å². The maximum absolute atomic E-state index is 12.8. The van der Waals surface area contributed by atoms with Gasteiger partial charge >= 0.3 is 0 Å². The molecule has 110 valence electrons. The number of rotatable bonds is 6. The lowest BCUT2D eigenvalue weighted by atomic mass is 9.75. The zero-order chi connectivity index (χ0) is 14.4. The predicted molar refractivity (Wildman–Crippen MR) is 81.1 cm³/mol. The average Bonchev–Trinajstić information content (AvgIpc) is 2.52. The minimum Gasteiger partial charge on any atom is -0.493 e. The Hall–Kier alpha value is -1.35. The predicted octanol–water partition coefficient (Wildman–Crippen LogP) is 3.42. The molecular formula is C17H25NO2. The molecule has 0 saturated heterocycles. The van der Waals surface area contributed by atoms with Crippen LogP contribution in [0.25, 0.3) is 0 Å². The second-order valence-corrected chi connectivity index (χ2v) is 5.60. The third kappa shape index (κ3) is 3.40. The molecule has 0 heterocycles. The van der Waals surface area contributed by atoms with Crippen LogP contribution in [0.1, 0.15) is 49.4 Å². The van der Waals surface area contributed by atoms with Gasteiger partial charge in [0.25, 0.3) is 0 Å². The van der Waals surface area contributed by atoms with Crippen LogP contribution in [0, 0.1) is 11.8 Å². The maximum atomic E-state index is 12.8. The molecule has 0 aromatic heterocycles. The minimum absolute atomic E-state index is 0.0696. The molecule has 2 N–H and O–H groups in total. The van der Waals surface area contributed by atoms with Gasteiger partial charge in [-0.3, -0.25) is 4.79 Å². The van der Waals surface area contributed by atoms with E-state index in [9.17, 15) is 4.79 Å². The second kappa shape index (κ2) is 7.44. The quantitative estimate of drug-likeness (QED) is 0.809. The first-order chi connectivity index (χ1) is 9.77. The van der Waals surface area contributed by atoms with Crippen molar-refractivity contribution in [2.45, 2.75) is 39.0 Å². The summed E-state index contributed by atoms with van der Waals surface area (Å²) in [6.07, 6.45) is 5.30. The molecule has 2 rings (SSSR count). The molecule has 3 nitrogen and oxygen atoms in total. The minimum atomic E-state index is 0.0696. The zero-order valence-corrected chi connectivity index (χ0v) is 12.3. The van der Waals surface area contributed by atoms with Gasteiger partial charge in [-0.15, -0.1) is 0 Å². The standard InChI is InChI=1S/C17H25NO2/c1-2-11-20-16-10-6-5-9-15(16)17(19)14-8-4-3-7-13(14)12-18/h5-6,9-10,13-14H,2-4,7-8,11-12,18H2,1H3. The van der Waals surface area contributed by atoms with Crippen molar-refractivity contribution in [3.05, 3.63) is 29.8 Å². The van der Waals surface area contributed by atoms with Gasteiger partial charge in [0.1, 0.15) is 5.75 Å². The maximum Gasteiger partial charge on any atom is 0.169 e. The van der Waals surface area contributed by atoms with Crippen molar-refractivity contribution >= 4 is 5.78 Å². The number of carbonyl (C=O) groups excluding carboxylic acids is 1. The van der Waals surface area contributed by atoms with E-state index < -0.39 is 0 Å². The third-order valence-electron chi connectivity index (χ3n) is 4.16. The monoisotopic (exact) mass is 275 g/mol. The van der Waals surface area contributed by atoms with E-state index in [1.807, 2.05) is 24.3 Å². The van der Waals surface area contributed by atoms with Crippen molar-refractivity contribution in [3.8, 4) is 5.75 Å². The van der Waals surface area contributed by atoms with Crippen molar-refractivity contribution in [2.75, 3.05) is 13.2 Å². The number of benzene rings is 1. The summed E-state index contributed by atoms with van der Waals surface area (Å²) in [6.45, 7) is 3.32. The number of hydrogen-bond donors (Lipinski definition) is 1. The van der Waals surface area contributed by atoms with Crippen LogP contribution in [-0.2, 0) is 0 Å². The number of carbonyl (C=O) groups is 1. The van der Waals surface area contributed by atoms with Crippen molar-refractivity contribution < 1.29 is 9.53 Å². The second-order valence-electron chi connectivity index (χ2n) is 5.60. The fraction of sp³-hybridized carbons (Fsp3) is 0.588. The molecule has 2 atom stereocenters. The Bertz CT molecular complexity index is 444. The van der Waals surface area contributed by atoms with Crippen molar-refractivity contribution in [1.82, 2.24) is 0 Å². The lowest BCUT2D eigenvalue weighted by Crippen LogP contribution is -2.32. The lowest BCUT2D eigenvalue weighted by Gasteiger charge is -2.29. The summed E-state index contributed by atoms with van der Waals surface area (Å²) in [4.78, 5) is 12.8. The highest BCUT2D eigenvalue weighted by atomic mass is 16.5. The third-order valence-corrected chi connectivity index (χ3v) is 4.16. The van der Waals surface area contributed by atoms with Gasteiger partial charge in [0.15, 0.2) is 5.78 Å². The summed E-state index contributed by atoms with van der Waals surface area (Å²) in [6, 6.07) is 7.61. The van der Waals surface area contributed by atoms with E-state index in [0.29, 0.717) is 19.1 Å². The number of para-hydroxylation sites is 1. The van der Waals surface area contributed by atoms with Crippen LogP contribution in [0.2, 0.25) is 0 Å².